The number of fused-ring (bicyclic) bond motifs is 1. The van der Waals surface area contributed by atoms with Gasteiger partial charge in [0.1, 0.15) is 0 Å². The Labute approximate surface area is 113 Å². The van der Waals surface area contributed by atoms with E-state index in [1.165, 1.54) is 11.1 Å². The minimum Gasteiger partial charge on any atom is -0.399 e. The number of nitrogen functional groups attached to an aromatic ring is 1. The fraction of sp³-hybridized carbons (Fsp3) is 0.533. The third kappa shape index (κ3) is 2.32. The Kier molecular flexibility index (Phi) is 3.19. The molecule has 2 aliphatic rings. The second kappa shape index (κ2) is 4.85. The highest BCUT2D eigenvalue weighted by Crippen LogP contribution is 2.33. The van der Waals surface area contributed by atoms with Crippen LogP contribution < -0.4 is 11.1 Å². The summed E-state index contributed by atoms with van der Waals surface area (Å²) in [7, 11) is 0. The number of carbonyl (C=O) groups is 1. The Morgan fingerprint density at radius 1 is 1.42 bits per heavy atom. The van der Waals surface area contributed by atoms with Crippen LogP contribution in [0.5, 0.6) is 0 Å². The Hall–Kier alpha value is -1.55. The SMILES string of the molecule is CC1OCCC1C(=O)NC1CCc2cc(N)ccc21. The van der Waals surface area contributed by atoms with Crippen LogP contribution in [0.25, 0.3) is 0 Å². The lowest BCUT2D eigenvalue weighted by molar-refractivity contribution is -0.127. The van der Waals surface area contributed by atoms with Crippen LogP contribution in [0.1, 0.15) is 36.9 Å². The van der Waals surface area contributed by atoms with E-state index in [-0.39, 0.29) is 24.0 Å². The summed E-state index contributed by atoms with van der Waals surface area (Å²) < 4.78 is 5.46. The first-order chi connectivity index (χ1) is 9.15. The van der Waals surface area contributed by atoms with Gasteiger partial charge in [0.2, 0.25) is 5.91 Å². The first-order valence-electron chi connectivity index (χ1n) is 6.95. The molecule has 4 heteroatoms. The number of hydrogen-bond donors (Lipinski definition) is 2. The fourth-order valence-electron chi connectivity index (χ4n) is 3.14. The molecule has 0 saturated carbocycles. The van der Waals surface area contributed by atoms with E-state index in [4.69, 9.17) is 10.5 Å². The summed E-state index contributed by atoms with van der Waals surface area (Å²) in [5, 5.41) is 3.17. The molecule has 1 saturated heterocycles. The molecular formula is C15H20N2O2. The number of hydrogen-bond acceptors (Lipinski definition) is 3. The van der Waals surface area contributed by atoms with Gasteiger partial charge in [0, 0.05) is 12.3 Å². The second-order valence-corrected chi connectivity index (χ2v) is 5.53. The summed E-state index contributed by atoms with van der Waals surface area (Å²) in [5.41, 5.74) is 9.07. The minimum absolute atomic E-state index is 0.00201. The monoisotopic (exact) mass is 260 g/mol. The lowest BCUT2D eigenvalue weighted by atomic mass is 10.0. The number of carbonyl (C=O) groups excluding carboxylic acids is 1. The molecule has 102 valence electrons. The number of ether oxygens (including phenoxy) is 1. The number of anilines is 1. The molecule has 0 spiro atoms. The van der Waals surface area contributed by atoms with Crippen molar-refractivity contribution in [2.45, 2.75) is 38.3 Å². The maximum atomic E-state index is 12.3. The molecule has 3 rings (SSSR count). The van der Waals surface area contributed by atoms with Crippen LogP contribution in [-0.2, 0) is 16.0 Å². The third-order valence-corrected chi connectivity index (χ3v) is 4.27. The molecule has 1 aliphatic heterocycles. The number of amides is 1. The second-order valence-electron chi connectivity index (χ2n) is 5.53. The molecular weight excluding hydrogens is 240 g/mol. The van der Waals surface area contributed by atoms with E-state index in [9.17, 15) is 4.79 Å². The molecule has 1 amide bonds. The number of nitrogens with one attached hydrogen (secondary N) is 1. The van der Waals surface area contributed by atoms with Gasteiger partial charge in [-0.3, -0.25) is 4.79 Å². The molecule has 1 aromatic carbocycles. The van der Waals surface area contributed by atoms with Crippen molar-refractivity contribution in [3.63, 3.8) is 0 Å². The summed E-state index contributed by atoms with van der Waals surface area (Å²) in [4.78, 5) is 12.3. The molecule has 1 aliphatic carbocycles. The van der Waals surface area contributed by atoms with Crippen LogP contribution in [0.3, 0.4) is 0 Å². The van der Waals surface area contributed by atoms with E-state index in [0.717, 1.165) is 24.9 Å². The van der Waals surface area contributed by atoms with E-state index < -0.39 is 0 Å². The van der Waals surface area contributed by atoms with E-state index in [2.05, 4.69) is 5.32 Å². The van der Waals surface area contributed by atoms with Gasteiger partial charge in [-0.1, -0.05) is 6.07 Å². The lowest BCUT2D eigenvalue weighted by Crippen LogP contribution is -2.36. The molecule has 0 radical (unpaired) electrons. The van der Waals surface area contributed by atoms with Crippen LogP contribution in [0, 0.1) is 5.92 Å². The Morgan fingerprint density at radius 3 is 3.00 bits per heavy atom. The van der Waals surface area contributed by atoms with Crippen LogP contribution in [0.4, 0.5) is 5.69 Å². The molecule has 1 fully saturated rings. The highest BCUT2D eigenvalue weighted by molar-refractivity contribution is 5.80. The van der Waals surface area contributed by atoms with E-state index in [1.54, 1.807) is 0 Å². The van der Waals surface area contributed by atoms with E-state index >= 15 is 0 Å². The normalized spacial score (nSPS) is 29.2. The quantitative estimate of drug-likeness (QED) is 0.797. The van der Waals surface area contributed by atoms with Crippen LogP contribution in [0.2, 0.25) is 0 Å². The van der Waals surface area contributed by atoms with Gasteiger partial charge in [0.15, 0.2) is 0 Å². The number of benzene rings is 1. The zero-order chi connectivity index (χ0) is 13.4. The van der Waals surface area contributed by atoms with Crippen molar-refractivity contribution >= 4 is 11.6 Å². The topological polar surface area (TPSA) is 64.3 Å². The molecule has 1 heterocycles. The third-order valence-electron chi connectivity index (χ3n) is 4.27. The largest absolute Gasteiger partial charge is 0.399 e. The maximum absolute atomic E-state index is 12.3. The van der Waals surface area contributed by atoms with Gasteiger partial charge in [-0.15, -0.1) is 0 Å². The van der Waals surface area contributed by atoms with Gasteiger partial charge < -0.3 is 15.8 Å². The van der Waals surface area contributed by atoms with Gasteiger partial charge in [-0.2, -0.15) is 0 Å². The molecule has 0 bridgehead atoms. The average Bonchev–Trinajstić information content (AvgIpc) is 2.96. The van der Waals surface area contributed by atoms with Crippen LogP contribution >= 0.6 is 0 Å². The predicted octanol–water partition coefficient (Wildman–Crippen LogP) is 1.80. The van der Waals surface area contributed by atoms with Gasteiger partial charge in [-0.05, 0) is 49.4 Å². The van der Waals surface area contributed by atoms with Gasteiger partial charge in [0.05, 0.1) is 18.1 Å². The van der Waals surface area contributed by atoms with Crippen molar-refractivity contribution in [2.24, 2.45) is 5.92 Å². The number of nitrogens with two attached hydrogens (primary N) is 1. The zero-order valence-corrected chi connectivity index (χ0v) is 11.2. The summed E-state index contributed by atoms with van der Waals surface area (Å²) in [6.07, 6.45) is 2.82. The summed E-state index contributed by atoms with van der Waals surface area (Å²) >= 11 is 0. The van der Waals surface area contributed by atoms with Crippen molar-refractivity contribution in [1.29, 1.82) is 0 Å². The predicted molar refractivity (Wildman–Crippen MR) is 73.6 cm³/mol. The van der Waals surface area contributed by atoms with E-state index in [1.807, 2.05) is 25.1 Å². The van der Waals surface area contributed by atoms with E-state index in [0.29, 0.717) is 6.61 Å². The van der Waals surface area contributed by atoms with Crippen molar-refractivity contribution < 1.29 is 9.53 Å². The molecule has 3 atom stereocenters. The fourth-order valence-corrected chi connectivity index (χ4v) is 3.14. The standard InChI is InChI=1S/C15H20N2O2/c1-9-12(6-7-19-9)15(18)17-14-5-2-10-8-11(16)3-4-13(10)14/h3-4,8-9,12,14H,2,5-7,16H2,1H3,(H,17,18). The highest BCUT2D eigenvalue weighted by atomic mass is 16.5. The summed E-state index contributed by atoms with van der Waals surface area (Å²) in [5.74, 6) is 0.123. The van der Waals surface area contributed by atoms with Crippen molar-refractivity contribution in [2.75, 3.05) is 12.3 Å². The zero-order valence-electron chi connectivity index (χ0n) is 11.2. The molecule has 1 aromatic rings. The first-order valence-corrected chi connectivity index (χ1v) is 6.95. The number of aryl methyl sites for hydroxylation is 1. The molecule has 4 nitrogen and oxygen atoms in total. The summed E-state index contributed by atoms with van der Waals surface area (Å²) in [6.45, 7) is 2.66. The van der Waals surface area contributed by atoms with Gasteiger partial charge >= 0.3 is 0 Å². The Balaban J connectivity index is 1.71. The molecule has 0 aromatic heterocycles. The van der Waals surface area contributed by atoms with Crippen molar-refractivity contribution in [3.05, 3.63) is 29.3 Å². The lowest BCUT2D eigenvalue weighted by Gasteiger charge is -2.19. The smallest absolute Gasteiger partial charge is 0.226 e. The first kappa shape index (κ1) is 12.5. The van der Waals surface area contributed by atoms with Crippen molar-refractivity contribution in [3.8, 4) is 0 Å². The maximum Gasteiger partial charge on any atom is 0.226 e. The molecule has 19 heavy (non-hydrogen) atoms. The Morgan fingerprint density at radius 2 is 2.26 bits per heavy atom. The average molecular weight is 260 g/mol. The van der Waals surface area contributed by atoms with Crippen LogP contribution in [0.15, 0.2) is 18.2 Å². The minimum atomic E-state index is -0.00201. The highest BCUT2D eigenvalue weighted by Gasteiger charge is 2.33. The van der Waals surface area contributed by atoms with Crippen molar-refractivity contribution in [1.82, 2.24) is 5.32 Å². The molecule has 3 N–H and O–H groups in total. The van der Waals surface area contributed by atoms with Gasteiger partial charge in [0.25, 0.3) is 0 Å². The number of rotatable bonds is 2. The Bertz CT molecular complexity index is 501. The summed E-state index contributed by atoms with van der Waals surface area (Å²) in [6, 6.07) is 6.10. The molecule has 3 unspecified atom stereocenters. The van der Waals surface area contributed by atoms with Gasteiger partial charge in [-0.25, -0.2) is 0 Å². The van der Waals surface area contributed by atoms with Crippen LogP contribution in [-0.4, -0.2) is 18.6 Å².